The van der Waals surface area contributed by atoms with Gasteiger partial charge in [-0.15, -0.1) is 0 Å². The van der Waals surface area contributed by atoms with Crippen LogP contribution in [0.5, 0.6) is 0 Å². The van der Waals surface area contributed by atoms with Crippen LogP contribution < -0.4 is 5.32 Å². The van der Waals surface area contributed by atoms with E-state index in [4.69, 9.17) is 16.9 Å². The summed E-state index contributed by atoms with van der Waals surface area (Å²) in [5.74, 6) is 0.825. The molecule has 2 fully saturated rings. The Bertz CT molecular complexity index is 1390. The van der Waals surface area contributed by atoms with Gasteiger partial charge in [0.1, 0.15) is 6.07 Å². The summed E-state index contributed by atoms with van der Waals surface area (Å²) in [6.07, 6.45) is 5.94. The van der Waals surface area contributed by atoms with E-state index in [-0.39, 0.29) is 11.3 Å². The zero-order chi connectivity index (χ0) is 26.5. The highest BCUT2D eigenvalue weighted by atomic mass is 35.5. The number of benzene rings is 3. The Morgan fingerprint density at radius 2 is 1.74 bits per heavy atom. The first-order valence-electron chi connectivity index (χ1n) is 13.3. The number of carbonyl (C=O) groups excluding carboxylic acids is 1. The summed E-state index contributed by atoms with van der Waals surface area (Å²) in [4.78, 5) is 15.5. The number of rotatable bonds is 8. The predicted molar refractivity (Wildman–Crippen MR) is 151 cm³/mol. The second-order valence-electron chi connectivity index (χ2n) is 10.6. The molecule has 1 saturated heterocycles. The lowest BCUT2D eigenvalue weighted by Crippen LogP contribution is -2.43. The van der Waals surface area contributed by atoms with Gasteiger partial charge in [-0.3, -0.25) is 4.79 Å². The van der Waals surface area contributed by atoms with Crippen molar-refractivity contribution in [1.29, 1.82) is 10.5 Å². The number of hydrogen-bond acceptors (Lipinski definition) is 4. The summed E-state index contributed by atoms with van der Waals surface area (Å²) in [7, 11) is 0. The van der Waals surface area contributed by atoms with Gasteiger partial charge in [0.25, 0.3) is 0 Å². The fourth-order valence-corrected chi connectivity index (χ4v) is 5.78. The van der Waals surface area contributed by atoms with E-state index in [2.05, 4.69) is 40.6 Å². The molecule has 5 rings (SSSR count). The van der Waals surface area contributed by atoms with Gasteiger partial charge in [-0.1, -0.05) is 48.0 Å². The minimum atomic E-state index is -0.0628. The average molecular weight is 523 g/mol. The molecule has 0 radical (unpaired) electrons. The van der Waals surface area contributed by atoms with Crippen molar-refractivity contribution in [3.8, 4) is 23.3 Å². The molecule has 2 aliphatic rings. The smallest absolute Gasteiger partial charge is 0.224 e. The van der Waals surface area contributed by atoms with Crippen LogP contribution in [0.3, 0.4) is 0 Å². The highest BCUT2D eigenvalue weighted by Crippen LogP contribution is 2.41. The summed E-state index contributed by atoms with van der Waals surface area (Å²) in [6.45, 7) is 3.30. The molecular weight excluding hydrogens is 492 g/mol. The van der Waals surface area contributed by atoms with E-state index in [0.29, 0.717) is 28.3 Å². The molecule has 0 bridgehead atoms. The van der Waals surface area contributed by atoms with E-state index in [1.54, 1.807) is 18.2 Å². The zero-order valence-corrected chi connectivity index (χ0v) is 22.2. The van der Waals surface area contributed by atoms with Gasteiger partial charge < -0.3 is 10.2 Å². The van der Waals surface area contributed by atoms with Crippen molar-refractivity contribution in [3.05, 3.63) is 88.4 Å². The van der Waals surface area contributed by atoms with Crippen LogP contribution in [0.4, 0.5) is 5.69 Å². The Labute approximate surface area is 229 Å². The molecule has 1 amide bonds. The van der Waals surface area contributed by atoms with Gasteiger partial charge in [0.2, 0.25) is 5.91 Å². The molecule has 0 spiro atoms. The molecule has 1 N–H and O–H groups in total. The maximum Gasteiger partial charge on any atom is 0.224 e. The molecule has 0 atom stereocenters. The van der Waals surface area contributed by atoms with E-state index in [9.17, 15) is 10.1 Å². The topological polar surface area (TPSA) is 79.9 Å². The first-order chi connectivity index (χ1) is 18.5. The van der Waals surface area contributed by atoms with Crippen molar-refractivity contribution in [2.24, 2.45) is 5.92 Å². The number of piperidine rings is 1. The first kappa shape index (κ1) is 26.0. The van der Waals surface area contributed by atoms with E-state index < -0.39 is 0 Å². The number of anilines is 1. The number of halogens is 1. The normalized spacial score (nSPS) is 16.8. The molecule has 38 heavy (non-hydrogen) atoms. The maximum atomic E-state index is 13.0. The third-order valence-electron chi connectivity index (χ3n) is 8.05. The lowest BCUT2D eigenvalue weighted by Gasteiger charge is -2.42. The van der Waals surface area contributed by atoms with Crippen LogP contribution in [-0.2, 0) is 10.2 Å². The first-order valence-corrected chi connectivity index (χ1v) is 13.7. The lowest BCUT2D eigenvalue weighted by molar-refractivity contribution is -0.116. The lowest BCUT2D eigenvalue weighted by atomic mass is 9.69. The third-order valence-corrected chi connectivity index (χ3v) is 8.37. The fourth-order valence-electron chi connectivity index (χ4n) is 5.56. The zero-order valence-electron chi connectivity index (χ0n) is 21.4. The molecule has 1 heterocycles. The minimum absolute atomic E-state index is 0.0458. The standard InChI is InChI=1S/C32H31ClN4O/c33-30-19-29(11-8-27(30)21-35)36-31(38)12-13-32(14-16-37(17-15-32)22-23-4-5-23)28-9-6-25(7-10-28)26-3-1-2-24(18-26)20-34/h1-3,6-11,18-19,23H,4-5,12-17,22H2,(H,36,38). The Hall–Kier alpha value is -3.64. The second kappa shape index (κ2) is 11.4. The van der Waals surface area contributed by atoms with Gasteiger partial charge in [-0.25, -0.2) is 0 Å². The van der Waals surface area contributed by atoms with Gasteiger partial charge in [-0.2, -0.15) is 10.5 Å². The van der Waals surface area contributed by atoms with Crippen molar-refractivity contribution in [1.82, 2.24) is 4.90 Å². The molecule has 3 aromatic carbocycles. The number of nitriles is 2. The van der Waals surface area contributed by atoms with Crippen LogP contribution in [0.2, 0.25) is 5.02 Å². The third kappa shape index (κ3) is 6.08. The minimum Gasteiger partial charge on any atom is -0.326 e. The van der Waals surface area contributed by atoms with Gasteiger partial charge >= 0.3 is 0 Å². The molecule has 1 saturated carbocycles. The van der Waals surface area contributed by atoms with Crippen molar-refractivity contribution in [2.45, 2.75) is 43.9 Å². The van der Waals surface area contributed by atoms with Crippen LogP contribution in [0.1, 0.15) is 55.2 Å². The van der Waals surface area contributed by atoms with Gasteiger partial charge in [0, 0.05) is 18.7 Å². The molecule has 6 heteroatoms. The van der Waals surface area contributed by atoms with Crippen molar-refractivity contribution < 1.29 is 4.79 Å². The van der Waals surface area contributed by atoms with Crippen LogP contribution >= 0.6 is 11.6 Å². The predicted octanol–water partition coefficient (Wildman–Crippen LogP) is 6.91. The monoisotopic (exact) mass is 522 g/mol. The number of hydrogen-bond donors (Lipinski definition) is 1. The SMILES string of the molecule is N#Cc1cccc(-c2ccc(C3(CCC(=O)Nc4ccc(C#N)c(Cl)c4)CCN(CC4CC4)CC3)cc2)c1. The summed E-state index contributed by atoms with van der Waals surface area (Å²) in [6, 6.07) is 25.6. The summed E-state index contributed by atoms with van der Waals surface area (Å²) in [5.41, 5.74) is 4.98. The highest BCUT2D eigenvalue weighted by Gasteiger charge is 2.37. The molecule has 192 valence electrons. The molecule has 0 unspecified atom stereocenters. The summed E-state index contributed by atoms with van der Waals surface area (Å²) < 4.78 is 0. The van der Waals surface area contributed by atoms with Gasteiger partial charge in [-0.05, 0) is 104 Å². The Kier molecular flexibility index (Phi) is 7.79. The molecule has 1 aliphatic heterocycles. The number of likely N-dealkylation sites (tertiary alicyclic amines) is 1. The second-order valence-corrected chi connectivity index (χ2v) is 11.1. The average Bonchev–Trinajstić information content (AvgIpc) is 3.77. The Morgan fingerprint density at radius 3 is 2.39 bits per heavy atom. The van der Waals surface area contributed by atoms with E-state index in [1.165, 1.54) is 24.9 Å². The number of nitrogens with one attached hydrogen (secondary N) is 1. The Morgan fingerprint density at radius 1 is 0.974 bits per heavy atom. The molecule has 3 aromatic rings. The molecule has 0 aromatic heterocycles. The van der Waals surface area contributed by atoms with Crippen LogP contribution in [0.25, 0.3) is 11.1 Å². The quantitative estimate of drug-likeness (QED) is 0.348. The Balaban J connectivity index is 1.31. The van der Waals surface area contributed by atoms with Crippen LogP contribution in [-0.4, -0.2) is 30.4 Å². The summed E-state index contributed by atoms with van der Waals surface area (Å²) in [5, 5.41) is 21.7. The highest BCUT2D eigenvalue weighted by molar-refractivity contribution is 6.32. The number of amides is 1. The van der Waals surface area contributed by atoms with Crippen molar-refractivity contribution in [2.75, 3.05) is 25.0 Å². The van der Waals surface area contributed by atoms with E-state index in [0.717, 1.165) is 49.4 Å². The fraction of sp³-hybridized carbons (Fsp3) is 0.344. The van der Waals surface area contributed by atoms with Gasteiger partial charge in [0.15, 0.2) is 0 Å². The van der Waals surface area contributed by atoms with E-state index >= 15 is 0 Å². The summed E-state index contributed by atoms with van der Waals surface area (Å²) >= 11 is 6.15. The maximum absolute atomic E-state index is 13.0. The van der Waals surface area contributed by atoms with Crippen LogP contribution in [0, 0.1) is 28.6 Å². The number of nitrogens with zero attached hydrogens (tertiary/aromatic N) is 3. The van der Waals surface area contributed by atoms with Crippen LogP contribution in [0.15, 0.2) is 66.7 Å². The van der Waals surface area contributed by atoms with E-state index in [1.807, 2.05) is 30.3 Å². The largest absolute Gasteiger partial charge is 0.326 e. The van der Waals surface area contributed by atoms with Gasteiger partial charge in [0.05, 0.1) is 22.2 Å². The van der Waals surface area contributed by atoms with Crippen molar-refractivity contribution >= 4 is 23.2 Å². The molecular formula is C32H31ClN4O. The number of carbonyl (C=O) groups is 1. The molecule has 1 aliphatic carbocycles. The molecule has 5 nitrogen and oxygen atoms in total. The van der Waals surface area contributed by atoms with Crippen molar-refractivity contribution in [3.63, 3.8) is 0 Å².